The highest BCUT2D eigenvalue weighted by atomic mass is 16.2. The summed E-state index contributed by atoms with van der Waals surface area (Å²) in [6.07, 6.45) is 1.71. The summed E-state index contributed by atoms with van der Waals surface area (Å²) in [5.74, 6) is -0.762. The molecule has 3 N–H and O–H groups in total. The molecule has 2 aliphatic heterocycles. The van der Waals surface area contributed by atoms with Crippen molar-refractivity contribution in [2.45, 2.75) is 38.4 Å². The fourth-order valence-electron chi connectivity index (χ4n) is 3.33. The highest BCUT2D eigenvalue weighted by Gasteiger charge is 2.38. The van der Waals surface area contributed by atoms with E-state index in [0.717, 1.165) is 30.6 Å². The van der Waals surface area contributed by atoms with Crippen LogP contribution in [0.4, 0.5) is 0 Å². The number of rotatable bonds is 7. The van der Waals surface area contributed by atoms with E-state index in [0.29, 0.717) is 25.1 Å². The van der Waals surface area contributed by atoms with Crippen LogP contribution in [0.3, 0.4) is 0 Å². The summed E-state index contributed by atoms with van der Waals surface area (Å²) in [6, 6.07) is 5.34. The number of hydrogen-bond acceptors (Lipinski definition) is 5. The van der Waals surface area contributed by atoms with Gasteiger partial charge in [-0.1, -0.05) is 12.1 Å². The number of carbonyl (C=O) groups excluding carboxylic acids is 3. The SMILES string of the molecule is CNCCCNCc1ccc2c(c1)C(=O)N(C1CCC(=O)NC1=O)C2. The average molecular weight is 344 g/mol. The first-order valence-corrected chi connectivity index (χ1v) is 8.72. The van der Waals surface area contributed by atoms with Gasteiger partial charge in [0.15, 0.2) is 0 Å². The summed E-state index contributed by atoms with van der Waals surface area (Å²) >= 11 is 0. The van der Waals surface area contributed by atoms with Gasteiger partial charge in [0.1, 0.15) is 6.04 Å². The van der Waals surface area contributed by atoms with Crippen LogP contribution in [0.5, 0.6) is 0 Å². The van der Waals surface area contributed by atoms with Crippen molar-refractivity contribution in [3.05, 3.63) is 34.9 Å². The van der Waals surface area contributed by atoms with Crippen molar-refractivity contribution >= 4 is 17.7 Å². The lowest BCUT2D eigenvalue weighted by Crippen LogP contribution is -2.52. The lowest BCUT2D eigenvalue weighted by atomic mass is 10.0. The van der Waals surface area contributed by atoms with Gasteiger partial charge in [-0.3, -0.25) is 19.7 Å². The molecule has 7 nitrogen and oxygen atoms in total. The summed E-state index contributed by atoms with van der Waals surface area (Å²) < 4.78 is 0. The van der Waals surface area contributed by atoms with Crippen LogP contribution in [0, 0.1) is 0 Å². The molecule has 3 amide bonds. The number of nitrogens with one attached hydrogen (secondary N) is 3. The van der Waals surface area contributed by atoms with E-state index in [1.165, 1.54) is 0 Å². The van der Waals surface area contributed by atoms with E-state index in [1.807, 2.05) is 25.2 Å². The van der Waals surface area contributed by atoms with Gasteiger partial charge in [0.2, 0.25) is 11.8 Å². The molecule has 1 unspecified atom stereocenters. The topological polar surface area (TPSA) is 90.5 Å². The average Bonchev–Trinajstić information content (AvgIpc) is 2.91. The largest absolute Gasteiger partial charge is 0.322 e. The quantitative estimate of drug-likeness (QED) is 0.484. The Labute approximate surface area is 147 Å². The van der Waals surface area contributed by atoms with E-state index in [4.69, 9.17) is 0 Å². The van der Waals surface area contributed by atoms with Gasteiger partial charge in [0.25, 0.3) is 5.91 Å². The van der Waals surface area contributed by atoms with Crippen LogP contribution >= 0.6 is 0 Å². The fourth-order valence-corrected chi connectivity index (χ4v) is 3.33. The number of amides is 3. The number of piperidine rings is 1. The molecule has 1 aromatic rings. The Morgan fingerprint density at radius 1 is 1.24 bits per heavy atom. The van der Waals surface area contributed by atoms with Gasteiger partial charge in [-0.15, -0.1) is 0 Å². The second-order valence-corrected chi connectivity index (χ2v) is 6.53. The molecule has 25 heavy (non-hydrogen) atoms. The molecule has 3 rings (SSSR count). The van der Waals surface area contributed by atoms with Crippen LogP contribution in [0.15, 0.2) is 18.2 Å². The second kappa shape index (κ2) is 7.76. The van der Waals surface area contributed by atoms with Crippen LogP contribution in [-0.2, 0) is 22.7 Å². The molecule has 1 fully saturated rings. The molecule has 1 saturated heterocycles. The molecule has 1 aromatic carbocycles. The van der Waals surface area contributed by atoms with Gasteiger partial charge in [0, 0.05) is 25.1 Å². The Bertz CT molecular complexity index is 689. The summed E-state index contributed by atoms with van der Waals surface area (Å²) in [7, 11) is 1.93. The Hall–Kier alpha value is -2.25. The number of nitrogens with zero attached hydrogens (tertiary/aromatic N) is 1. The molecule has 0 aliphatic carbocycles. The number of hydrogen-bond donors (Lipinski definition) is 3. The molecule has 2 aliphatic rings. The van der Waals surface area contributed by atoms with E-state index in [2.05, 4.69) is 16.0 Å². The number of fused-ring (bicyclic) bond motifs is 1. The Balaban J connectivity index is 1.63. The monoisotopic (exact) mass is 344 g/mol. The standard InChI is InChI=1S/C18H24N4O3/c1-19-7-2-8-20-10-12-3-4-13-11-22(18(25)14(13)9-12)15-5-6-16(23)21-17(15)24/h3-4,9,15,19-20H,2,5-8,10-11H2,1H3,(H,21,23,24). The van der Waals surface area contributed by atoms with Crippen molar-refractivity contribution in [1.82, 2.24) is 20.9 Å². The van der Waals surface area contributed by atoms with E-state index in [1.54, 1.807) is 4.90 Å². The third kappa shape index (κ3) is 3.88. The minimum absolute atomic E-state index is 0.124. The van der Waals surface area contributed by atoms with Crippen molar-refractivity contribution in [1.29, 1.82) is 0 Å². The molecule has 0 spiro atoms. The van der Waals surface area contributed by atoms with Gasteiger partial charge in [-0.2, -0.15) is 0 Å². The van der Waals surface area contributed by atoms with Gasteiger partial charge in [-0.05, 0) is 50.2 Å². The molecule has 0 aromatic heterocycles. The van der Waals surface area contributed by atoms with Gasteiger partial charge in [-0.25, -0.2) is 0 Å². The third-order valence-electron chi connectivity index (χ3n) is 4.70. The smallest absolute Gasteiger partial charge is 0.255 e. The van der Waals surface area contributed by atoms with Gasteiger partial charge >= 0.3 is 0 Å². The van der Waals surface area contributed by atoms with Crippen LogP contribution < -0.4 is 16.0 Å². The van der Waals surface area contributed by atoms with Crippen LogP contribution in [0.2, 0.25) is 0 Å². The van der Waals surface area contributed by atoms with Crippen molar-refractivity contribution in [3.8, 4) is 0 Å². The minimum Gasteiger partial charge on any atom is -0.322 e. The maximum absolute atomic E-state index is 12.7. The minimum atomic E-state index is -0.555. The van der Waals surface area contributed by atoms with E-state index < -0.39 is 6.04 Å². The zero-order valence-corrected chi connectivity index (χ0v) is 14.4. The number of benzene rings is 1. The molecule has 0 bridgehead atoms. The summed E-state index contributed by atoms with van der Waals surface area (Å²) in [6.45, 7) is 3.02. The molecular formula is C18H24N4O3. The molecule has 1 atom stereocenters. The Kier molecular flexibility index (Phi) is 5.45. The predicted molar refractivity (Wildman–Crippen MR) is 92.7 cm³/mol. The van der Waals surface area contributed by atoms with Crippen molar-refractivity contribution < 1.29 is 14.4 Å². The first kappa shape index (κ1) is 17.6. The fraction of sp³-hybridized carbons (Fsp3) is 0.500. The van der Waals surface area contributed by atoms with Crippen molar-refractivity contribution in [2.24, 2.45) is 0 Å². The maximum atomic E-state index is 12.7. The van der Waals surface area contributed by atoms with Crippen molar-refractivity contribution in [2.75, 3.05) is 20.1 Å². The van der Waals surface area contributed by atoms with E-state index in [9.17, 15) is 14.4 Å². The zero-order chi connectivity index (χ0) is 17.8. The normalized spacial score (nSPS) is 20.0. The summed E-state index contributed by atoms with van der Waals surface area (Å²) in [5.41, 5.74) is 2.66. The van der Waals surface area contributed by atoms with Crippen LogP contribution in [0.1, 0.15) is 40.7 Å². The number of carbonyl (C=O) groups is 3. The molecule has 134 valence electrons. The van der Waals surface area contributed by atoms with Crippen LogP contribution in [-0.4, -0.2) is 48.8 Å². The Morgan fingerprint density at radius 2 is 2.08 bits per heavy atom. The van der Waals surface area contributed by atoms with Crippen LogP contribution in [0.25, 0.3) is 0 Å². The molecule has 0 radical (unpaired) electrons. The van der Waals surface area contributed by atoms with Crippen molar-refractivity contribution in [3.63, 3.8) is 0 Å². The highest BCUT2D eigenvalue weighted by Crippen LogP contribution is 2.28. The molecule has 7 heteroatoms. The third-order valence-corrected chi connectivity index (χ3v) is 4.70. The predicted octanol–water partition coefficient (Wildman–Crippen LogP) is 0.147. The Morgan fingerprint density at radius 3 is 2.84 bits per heavy atom. The summed E-state index contributed by atoms with van der Waals surface area (Å²) in [4.78, 5) is 37.6. The molecule has 2 heterocycles. The summed E-state index contributed by atoms with van der Waals surface area (Å²) in [5, 5.41) is 8.79. The number of imide groups is 1. The first-order chi connectivity index (χ1) is 12.1. The van der Waals surface area contributed by atoms with Gasteiger partial charge < -0.3 is 15.5 Å². The maximum Gasteiger partial charge on any atom is 0.255 e. The second-order valence-electron chi connectivity index (χ2n) is 6.53. The van der Waals surface area contributed by atoms with Gasteiger partial charge in [0.05, 0.1) is 0 Å². The molecule has 0 saturated carbocycles. The van der Waals surface area contributed by atoms with E-state index in [-0.39, 0.29) is 24.1 Å². The lowest BCUT2D eigenvalue weighted by Gasteiger charge is -2.29. The molecular weight excluding hydrogens is 320 g/mol. The van der Waals surface area contributed by atoms with E-state index >= 15 is 0 Å². The highest BCUT2D eigenvalue weighted by molar-refractivity contribution is 6.05. The zero-order valence-electron chi connectivity index (χ0n) is 14.4. The lowest BCUT2D eigenvalue weighted by molar-refractivity contribution is -0.136. The first-order valence-electron chi connectivity index (χ1n) is 8.72.